The molecule has 4 nitrogen and oxygen atoms in total. The number of alkyl halides is 3. The number of hydrogen-bond acceptors (Lipinski definition) is 3. The fraction of sp³-hybridized carbons (Fsp3) is 0.500. The number of amides is 1. The lowest BCUT2D eigenvalue weighted by Crippen LogP contribution is -2.45. The normalized spacial score (nSPS) is 27.4. The smallest absolute Gasteiger partial charge is 0.360 e. The Bertz CT molecular complexity index is 653. The Labute approximate surface area is 131 Å². The molecule has 0 unspecified atom stereocenters. The molecule has 2 fully saturated rings. The first-order chi connectivity index (χ1) is 10.9. The van der Waals surface area contributed by atoms with E-state index in [1.165, 1.54) is 6.07 Å². The zero-order valence-electron chi connectivity index (χ0n) is 12.2. The summed E-state index contributed by atoms with van der Waals surface area (Å²) in [6, 6.07) is 7.13. The molecule has 0 radical (unpaired) electrons. The van der Waals surface area contributed by atoms with Gasteiger partial charge in [-0.3, -0.25) is 4.79 Å². The van der Waals surface area contributed by atoms with Gasteiger partial charge in [-0.2, -0.15) is 18.4 Å². The molecule has 3 atom stereocenters. The van der Waals surface area contributed by atoms with Crippen LogP contribution in [0.5, 0.6) is 0 Å². The van der Waals surface area contributed by atoms with E-state index in [-0.39, 0.29) is 24.3 Å². The van der Waals surface area contributed by atoms with Crippen molar-refractivity contribution in [2.75, 3.05) is 19.7 Å². The van der Waals surface area contributed by atoms with E-state index >= 15 is 0 Å². The Kier molecular flexibility index (Phi) is 4.02. The zero-order chi connectivity index (χ0) is 16.6. The first-order valence-corrected chi connectivity index (χ1v) is 7.37. The number of nitrogens with zero attached hydrogens (tertiary/aromatic N) is 2. The fourth-order valence-electron chi connectivity index (χ4n) is 2.94. The maximum atomic E-state index is 12.8. The minimum Gasteiger partial charge on any atom is -0.360 e. The van der Waals surface area contributed by atoms with Crippen LogP contribution in [0.25, 0.3) is 0 Å². The molecular weight excluding hydrogens is 309 g/mol. The molecule has 3 rings (SSSR count). The quantitative estimate of drug-likeness (QED) is 0.840. The second-order valence-electron chi connectivity index (χ2n) is 5.84. The van der Waals surface area contributed by atoms with Crippen molar-refractivity contribution in [2.45, 2.75) is 24.6 Å². The van der Waals surface area contributed by atoms with E-state index in [1.807, 2.05) is 6.07 Å². The molecule has 23 heavy (non-hydrogen) atoms. The molecule has 1 aromatic carbocycles. The number of ether oxygens (including phenoxy) is 1. The molecule has 0 aromatic heterocycles. The van der Waals surface area contributed by atoms with Crippen molar-refractivity contribution in [3.8, 4) is 6.07 Å². The van der Waals surface area contributed by atoms with Gasteiger partial charge in [-0.1, -0.05) is 18.2 Å². The molecule has 1 saturated heterocycles. The summed E-state index contributed by atoms with van der Waals surface area (Å²) >= 11 is 0. The first-order valence-electron chi connectivity index (χ1n) is 7.37. The van der Waals surface area contributed by atoms with Gasteiger partial charge in [0.05, 0.1) is 24.8 Å². The molecular formula is C16H15F3N2O2. The van der Waals surface area contributed by atoms with Crippen LogP contribution in [0, 0.1) is 17.2 Å². The largest absolute Gasteiger partial charge is 0.416 e. The minimum absolute atomic E-state index is 0.101. The van der Waals surface area contributed by atoms with Gasteiger partial charge in [0, 0.05) is 12.5 Å². The fourth-order valence-corrected chi connectivity index (χ4v) is 2.94. The van der Waals surface area contributed by atoms with E-state index in [4.69, 9.17) is 10.00 Å². The summed E-state index contributed by atoms with van der Waals surface area (Å²) in [6.45, 7) is 0.953. The summed E-state index contributed by atoms with van der Waals surface area (Å²) in [5.41, 5.74) is -0.146. The number of halogens is 3. The summed E-state index contributed by atoms with van der Waals surface area (Å²) < 4.78 is 43.5. The van der Waals surface area contributed by atoms with Gasteiger partial charge in [-0.15, -0.1) is 0 Å². The Morgan fingerprint density at radius 3 is 2.87 bits per heavy atom. The van der Waals surface area contributed by atoms with Crippen LogP contribution < -0.4 is 0 Å². The third-order valence-electron chi connectivity index (χ3n) is 4.27. The van der Waals surface area contributed by atoms with Crippen LogP contribution in [0.15, 0.2) is 24.3 Å². The Morgan fingerprint density at radius 1 is 1.39 bits per heavy atom. The molecule has 1 saturated carbocycles. The summed E-state index contributed by atoms with van der Waals surface area (Å²) in [4.78, 5) is 14.0. The second-order valence-corrected chi connectivity index (χ2v) is 5.84. The third-order valence-corrected chi connectivity index (χ3v) is 4.27. The number of benzene rings is 1. The monoisotopic (exact) mass is 324 g/mol. The van der Waals surface area contributed by atoms with Crippen LogP contribution in [0.3, 0.4) is 0 Å². The standard InChI is InChI=1S/C16H15F3N2O2/c17-16(18,19)11-3-1-2-10(6-11)13-7-14(13)15(22)21-4-5-23-12(8-20)9-21/h1-3,6,12-14H,4-5,7,9H2/t12-,13+,14+/m1/s1. The first kappa shape index (κ1) is 15.8. The number of rotatable bonds is 2. The molecule has 1 aliphatic carbocycles. The van der Waals surface area contributed by atoms with Crippen molar-refractivity contribution < 1.29 is 22.7 Å². The molecule has 1 amide bonds. The number of hydrogen-bond donors (Lipinski definition) is 0. The van der Waals surface area contributed by atoms with Gasteiger partial charge in [0.2, 0.25) is 5.91 Å². The maximum Gasteiger partial charge on any atom is 0.416 e. The van der Waals surface area contributed by atoms with Gasteiger partial charge in [0.25, 0.3) is 0 Å². The predicted molar refractivity (Wildman–Crippen MR) is 74.2 cm³/mol. The minimum atomic E-state index is -4.38. The van der Waals surface area contributed by atoms with Crippen LogP contribution in [0.1, 0.15) is 23.5 Å². The molecule has 0 spiro atoms. The van der Waals surface area contributed by atoms with E-state index < -0.39 is 17.8 Å². The van der Waals surface area contributed by atoms with Crippen LogP contribution in [0.2, 0.25) is 0 Å². The molecule has 0 N–H and O–H groups in total. The Morgan fingerprint density at radius 2 is 2.17 bits per heavy atom. The maximum absolute atomic E-state index is 12.8. The lowest BCUT2D eigenvalue weighted by atomic mass is 10.0. The van der Waals surface area contributed by atoms with E-state index in [2.05, 4.69) is 0 Å². The molecule has 1 aliphatic heterocycles. The molecule has 0 bridgehead atoms. The van der Waals surface area contributed by atoms with Crippen LogP contribution in [-0.4, -0.2) is 36.6 Å². The molecule has 7 heteroatoms. The van der Waals surface area contributed by atoms with E-state index in [9.17, 15) is 18.0 Å². The highest BCUT2D eigenvalue weighted by Crippen LogP contribution is 2.49. The van der Waals surface area contributed by atoms with Crippen molar-refractivity contribution in [1.82, 2.24) is 4.90 Å². The van der Waals surface area contributed by atoms with Crippen molar-refractivity contribution in [3.05, 3.63) is 35.4 Å². The van der Waals surface area contributed by atoms with Crippen molar-refractivity contribution in [3.63, 3.8) is 0 Å². The average Bonchev–Trinajstić information content (AvgIpc) is 3.34. The summed E-state index contributed by atoms with van der Waals surface area (Å²) in [6.07, 6.45) is -4.46. The SMILES string of the molecule is N#C[C@@H]1CN(C(=O)[C@H]2C[C@H]2c2cccc(C(F)(F)F)c2)CCO1. The highest BCUT2D eigenvalue weighted by atomic mass is 19.4. The van der Waals surface area contributed by atoms with Gasteiger partial charge >= 0.3 is 6.18 Å². The van der Waals surface area contributed by atoms with Gasteiger partial charge in [0.1, 0.15) is 0 Å². The van der Waals surface area contributed by atoms with Gasteiger partial charge in [0.15, 0.2) is 6.10 Å². The summed E-state index contributed by atoms with van der Waals surface area (Å²) in [5.74, 6) is -0.569. The third kappa shape index (κ3) is 3.32. The van der Waals surface area contributed by atoms with Crippen molar-refractivity contribution in [1.29, 1.82) is 5.26 Å². The average molecular weight is 324 g/mol. The topological polar surface area (TPSA) is 53.3 Å². The predicted octanol–water partition coefficient (Wildman–Crippen LogP) is 2.56. The van der Waals surface area contributed by atoms with Crippen LogP contribution in [0.4, 0.5) is 13.2 Å². The number of carbonyl (C=O) groups is 1. The van der Waals surface area contributed by atoms with Gasteiger partial charge in [-0.05, 0) is 24.0 Å². The zero-order valence-corrected chi connectivity index (χ0v) is 12.2. The van der Waals surface area contributed by atoms with Crippen molar-refractivity contribution >= 4 is 5.91 Å². The Hall–Kier alpha value is -2.07. The van der Waals surface area contributed by atoms with E-state index in [1.54, 1.807) is 11.0 Å². The number of morpholine rings is 1. The lowest BCUT2D eigenvalue weighted by Gasteiger charge is -2.30. The van der Waals surface area contributed by atoms with E-state index in [0.29, 0.717) is 25.1 Å². The van der Waals surface area contributed by atoms with Crippen LogP contribution in [-0.2, 0) is 15.7 Å². The second kappa shape index (κ2) is 5.85. The van der Waals surface area contributed by atoms with Crippen LogP contribution >= 0.6 is 0 Å². The molecule has 2 aliphatic rings. The van der Waals surface area contributed by atoms with E-state index in [0.717, 1.165) is 12.1 Å². The highest BCUT2D eigenvalue weighted by molar-refractivity contribution is 5.83. The number of nitriles is 1. The van der Waals surface area contributed by atoms with Gasteiger partial charge in [-0.25, -0.2) is 0 Å². The Balaban J connectivity index is 1.67. The summed E-state index contributed by atoms with van der Waals surface area (Å²) in [5, 5.41) is 8.86. The van der Waals surface area contributed by atoms with Gasteiger partial charge < -0.3 is 9.64 Å². The lowest BCUT2D eigenvalue weighted by molar-refractivity contribution is -0.138. The highest BCUT2D eigenvalue weighted by Gasteiger charge is 2.47. The molecule has 1 aromatic rings. The molecule has 1 heterocycles. The summed E-state index contributed by atoms with van der Waals surface area (Å²) in [7, 11) is 0. The molecule has 122 valence electrons. The number of carbonyl (C=O) groups excluding carboxylic acids is 1. The van der Waals surface area contributed by atoms with Crippen molar-refractivity contribution in [2.24, 2.45) is 5.92 Å².